The third-order valence-corrected chi connectivity index (χ3v) is 6.18. The molecule has 0 saturated carbocycles. The van der Waals surface area contributed by atoms with E-state index in [4.69, 9.17) is 11.6 Å². The molecule has 5 nitrogen and oxygen atoms in total. The van der Waals surface area contributed by atoms with Gasteiger partial charge in [0.2, 0.25) is 0 Å². The Kier molecular flexibility index (Phi) is 6.44. The Bertz CT molecular complexity index is 937. The molecular formula is C22H23ClN4OS. The van der Waals surface area contributed by atoms with Crippen molar-refractivity contribution in [3.05, 3.63) is 70.7 Å². The van der Waals surface area contributed by atoms with Crippen molar-refractivity contribution < 1.29 is 4.79 Å². The molecule has 2 aromatic carbocycles. The third kappa shape index (κ3) is 5.15. The maximum absolute atomic E-state index is 12.4. The number of benzene rings is 2. The summed E-state index contributed by atoms with van der Waals surface area (Å²) in [6.45, 7) is 5.49. The Hall–Kier alpha value is -2.41. The second-order valence-corrected chi connectivity index (χ2v) is 8.26. The van der Waals surface area contributed by atoms with Crippen molar-refractivity contribution in [2.45, 2.75) is 0 Å². The summed E-state index contributed by atoms with van der Waals surface area (Å²) in [7, 11) is 0. The van der Waals surface area contributed by atoms with Crippen LogP contribution >= 0.6 is 22.9 Å². The Morgan fingerprint density at radius 1 is 1.03 bits per heavy atom. The Morgan fingerprint density at radius 3 is 2.48 bits per heavy atom. The smallest absolute Gasteiger partial charge is 0.270 e. The van der Waals surface area contributed by atoms with E-state index in [0.29, 0.717) is 17.3 Å². The molecule has 0 bridgehead atoms. The normalized spacial score (nSPS) is 14.7. The largest absolute Gasteiger partial charge is 0.369 e. The molecule has 1 aliphatic rings. The van der Waals surface area contributed by atoms with E-state index in [0.717, 1.165) is 43.3 Å². The highest BCUT2D eigenvalue weighted by atomic mass is 35.5. The van der Waals surface area contributed by atoms with Gasteiger partial charge in [-0.15, -0.1) is 11.3 Å². The predicted molar refractivity (Wildman–Crippen MR) is 120 cm³/mol. The number of carbonyl (C=O) groups excluding carboxylic acids is 1. The maximum atomic E-state index is 12.4. The minimum Gasteiger partial charge on any atom is -0.369 e. The van der Waals surface area contributed by atoms with Crippen LogP contribution in [0.1, 0.15) is 10.5 Å². The van der Waals surface area contributed by atoms with Crippen molar-refractivity contribution in [1.29, 1.82) is 0 Å². The van der Waals surface area contributed by atoms with Crippen LogP contribution in [0.4, 0.5) is 5.69 Å². The van der Waals surface area contributed by atoms with Gasteiger partial charge in [0.1, 0.15) is 10.7 Å². The van der Waals surface area contributed by atoms with Gasteiger partial charge in [0.25, 0.3) is 5.91 Å². The lowest BCUT2D eigenvalue weighted by atomic mass is 10.2. The van der Waals surface area contributed by atoms with E-state index in [1.54, 1.807) is 5.38 Å². The highest BCUT2D eigenvalue weighted by molar-refractivity contribution is 7.13. The first-order chi connectivity index (χ1) is 14.2. The zero-order valence-corrected chi connectivity index (χ0v) is 17.6. The number of piperazine rings is 1. The molecule has 150 valence electrons. The molecule has 2 heterocycles. The van der Waals surface area contributed by atoms with Crippen LogP contribution < -0.4 is 10.2 Å². The molecule has 1 aromatic heterocycles. The number of halogens is 1. The van der Waals surface area contributed by atoms with Gasteiger partial charge in [-0.2, -0.15) is 0 Å². The first-order valence-corrected chi connectivity index (χ1v) is 11.0. The van der Waals surface area contributed by atoms with E-state index in [2.05, 4.69) is 44.4 Å². The van der Waals surface area contributed by atoms with Gasteiger partial charge in [-0.1, -0.05) is 41.9 Å². The zero-order valence-electron chi connectivity index (χ0n) is 16.1. The molecule has 1 amide bonds. The van der Waals surface area contributed by atoms with Gasteiger partial charge >= 0.3 is 0 Å². The topological polar surface area (TPSA) is 48.5 Å². The van der Waals surface area contributed by atoms with Crippen LogP contribution in [0.25, 0.3) is 10.6 Å². The number of nitrogens with zero attached hydrogens (tertiary/aromatic N) is 3. The fraction of sp³-hybridized carbons (Fsp3) is 0.273. The van der Waals surface area contributed by atoms with Crippen LogP contribution in [-0.4, -0.2) is 55.1 Å². The molecule has 0 atom stereocenters. The number of carbonyl (C=O) groups is 1. The lowest BCUT2D eigenvalue weighted by Crippen LogP contribution is -2.48. The molecule has 1 N–H and O–H groups in total. The summed E-state index contributed by atoms with van der Waals surface area (Å²) >= 11 is 7.39. The van der Waals surface area contributed by atoms with Crippen molar-refractivity contribution in [1.82, 2.24) is 15.2 Å². The van der Waals surface area contributed by atoms with Crippen molar-refractivity contribution in [3.8, 4) is 10.6 Å². The zero-order chi connectivity index (χ0) is 20.1. The Labute approximate surface area is 179 Å². The molecule has 29 heavy (non-hydrogen) atoms. The second-order valence-electron chi connectivity index (χ2n) is 6.96. The third-order valence-electron chi connectivity index (χ3n) is 5.04. The summed E-state index contributed by atoms with van der Waals surface area (Å²) in [6, 6.07) is 18.0. The number of amides is 1. The van der Waals surface area contributed by atoms with E-state index >= 15 is 0 Å². The quantitative estimate of drug-likeness (QED) is 0.646. The number of para-hydroxylation sites is 1. The highest BCUT2D eigenvalue weighted by Gasteiger charge is 2.17. The molecule has 0 aliphatic carbocycles. The van der Waals surface area contributed by atoms with Crippen LogP contribution in [0.5, 0.6) is 0 Å². The lowest BCUT2D eigenvalue weighted by Gasteiger charge is -2.36. The number of thiazole rings is 1. The molecule has 1 aliphatic heterocycles. The van der Waals surface area contributed by atoms with E-state index < -0.39 is 0 Å². The molecule has 0 spiro atoms. The van der Waals surface area contributed by atoms with Gasteiger partial charge in [0.15, 0.2) is 0 Å². The standard InChI is InChI=1S/C22H23ClN4OS/c23-18-8-6-17(7-9-18)22-25-20(16-29-22)21(28)24-10-11-26-12-14-27(15-13-26)19-4-2-1-3-5-19/h1-9,16H,10-15H2,(H,24,28). The number of anilines is 1. The molecule has 0 radical (unpaired) electrons. The average molecular weight is 427 g/mol. The van der Waals surface area contributed by atoms with E-state index in [9.17, 15) is 4.79 Å². The molecule has 3 aromatic rings. The van der Waals surface area contributed by atoms with Gasteiger partial charge in [0.05, 0.1) is 0 Å². The van der Waals surface area contributed by atoms with Crippen LogP contribution in [0, 0.1) is 0 Å². The summed E-state index contributed by atoms with van der Waals surface area (Å²) in [5, 5.41) is 6.31. The summed E-state index contributed by atoms with van der Waals surface area (Å²) in [4.78, 5) is 21.7. The van der Waals surface area contributed by atoms with Crippen LogP contribution in [0.2, 0.25) is 5.02 Å². The van der Waals surface area contributed by atoms with Crippen molar-refractivity contribution in [2.75, 3.05) is 44.2 Å². The van der Waals surface area contributed by atoms with Crippen molar-refractivity contribution in [3.63, 3.8) is 0 Å². The Balaban J connectivity index is 1.22. The number of hydrogen-bond donors (Lipinski definition) is 1. The van der Waals surface area contributed by atoms with E-state index in [1.165, 1.54) is 17.0 Å². The summed E-state index contributed by atoms with van der Waals surface area (Å²) in [5.41, 5.74) is 2.71. The molecule has 0 unspecified atom stereocenters. The number of nitrogens with one attached hydrogen (secondary N) is 1. The number of hydrogen-bond acceptors (Lipinski definition) is 5. The molecule has 7 heteroatoms. The summed E-state index contributed by atoms with van der Waals surface area (Å²) in [6.07, 6.45) is 0. The minimum absolute atomic E-state index is 0.121. The summed E-state index contributed by atoms with van der Waals surface area (Å²) < 4.78 is 0. The molecular weight excluding hydrogens is 404 g/mol. The monoisotopic (exact) mass is 426 g/mol. The van der Waals surface area contributed by atoms with E-state index in [-0.39, 0.29) is 5.91 Å². The fourth-order valence-electron chi connectivity index (χ4n) is 3.39. The molecule has 1 saturated heterocycles. The number of aromatic nitrogens is 1. The molecule has 4 rings (SSSR count). The van der Waals surface area contributed by atoms with E-state index in [1.807, 2.05) is 30.3 Å². The molecule has 1 fully saturated rings. The minimum atomic E-state index is -0.121. The number of rotatable bonds is 6. The summed E-state index contributed by atoms with van der Waals surface area (Å²) in [5.74, 6) is -0.121. The lowest BCUT2D eigenvalue weighted by molar-refractivity contribution is 0.0943. The van der Waals surface area contributed by atoms with Crippen LogP contribution in [0.3, 0.4) is 0 Å². The second kappa shape index (κ2) is 9.39. The van der Waals surface area contributed by atoms with Gasteiger partial charge in [-0.3, -0.25) is 9.69 Å². The van der Waals surface area contributed by atoms with Gasteiger partial charge in [-0.05, 0) is 24.3 Å². The maximum Gasteiger partial charge on any atom is 0.270 e. The predicted octanol–water partition coefficient (Wildman–Crippen LogP) is 4.02. The average Bonchev–Trinajstić information content (AvgIpc) is 3.26. The van der Waals surface area contributed by atoms with Crippen molar-refractivity contribution >= 4 is 34.5 Å². The Morgan fingerprint density at radius 2 is 1.76 bits per heavy atom. The van der Waals surface area contributed by atoms with Gasteiger partial charge in [-0.25, -0.2) is 4.98 Å². The van der Waals surface area contributed by atoms with Gasteiger partial charge < -0.3 is 10.2 Å². The van der Waals surface area contributed by atoms with Gasteiger partial charge in [0, 0.05) is 60.9 Å². The first-order valence-electron chi connectivity index (χ1n) is 9.71. The van der Waals surface area contributed by atoms with Crippen molar-refractivity contribution in [2.24, 2.45) is 0 Å². The fourth-order valence-corrected chi connectivity index (χ4v) is 4.32. The van der Waals surface area contributed by atoms with Crippen LogP contribution in [0.15, 0.2) is 60.0 Å². The first kappa shape index (κ1) is 19.9. The highest BCUT2D eigenvalue weighted by Crippen LogP contribution is 2.25. The van der Waals surface area contributed by atoms with Crippen LogP contribution in [-0.2, 0) is 0 Å². The SMILES string of the molecule is O=C(NCCN1CCN(c2ccccc2)CC1)c1csc(-c2ccc(Cl)cc2)n1.